The molecule has 2 saturated heterocycles. The van der Waals surface area contributed by atoms with Crippen LogP contribution in [0.15, 0.2) is 48.5 Å². The summed E-state index contributed by atoms with van der Waals surface area (Å²) in [5.41, 5.74) is 2.74. The van der Waals surface area contributed by atoms with Gasteiger partial charge in [0.15, 0.2) is 0 Å². The van der Waals surface area contributed by atoms with Gasteiger partial charge in [-0.2, -0.15) is 5.26 Å². The van der Waals surface area contributed by atoms with Crippen molar-refractivity contribution in [3.8, 4) is 11.8 Å². The number of hydrogen-bond acceptors (Lipinski definition) is 4. The Kier molecular flexibility index (Phi) is 6.00. The molecule has 1 unspecified atom stereocenters. The van der Waals surface area contributed by atoms with Gasteiger partial charge >= 0.3 is 0 Å². The summed E-state index contributed by atoms with van der Waals surface area (Å²) in [6, 6.07) is 18.2. The van der Waals surface area contributed by atoms with E-state index in [-0.39, 0.29) is 5.91 Å². The second kappa shape index (κ2) is 9.00. The fourth-order valence-corrected chi connectivity index (χ4v) is 4.26. The molecule has 0 aliphatic carbocycles. The Morgan fingerprint density at radius 1 is 1.00 bits per heavy atom. The summed E-state index contributed by atoms with van der Waals surface area (Å²) >= 11 is 0. The SMILES string of the molecule is N#Cc1cccc(N2CCCCC2COc2ccc(N3CCCCC3=O)cc2)c1. The molecule has 2 aliphatic heterocycles. The molecule has 2 aliphatic rings. The minimum absolute atomic E-state index is 0.211. The molecular weight excluding hydrogens is 362 g/mol. The van der Waals surface area contributed by atoms with Crippen LogP contribution in [-0.4, -0.2) is 31.6 Å². The molecule has 150 valence electrons. The number of piperidine rings is 2. The average Bonchev–Trinajstić information content (AvgIpc) is 2.79. The summed E-state index contributed by atoms with van der Waals surface area (Å²) in [6.45, 7) is 2.40. The van der Waals surface area contributed by atoms with Gasteiger partial charge in [0.25, 0.3) is 0 Å². The molecule has 0 aromatic heterocycles. The zero-order valence-electron chi connectivity index (χ0n) is 16.7. The Hall–Kier alpha value is -3.00. The topological polar surface area (TPSA) is 56.6 Å². The maximum atomic E-state index is 12.1. The summed E-state index contributed by atoms with van der Waals surface area (Å²) in [4.78, 5) is 16.3. The van der Waals surface area contributed by atoms with E-state index >= 15 is 0 Å². The van der Waals surface area contributed by atoms with Gasteiger partial charge in [-0.25, -0.2) is 0 Å². The highest BCUT2D eigenvalue weighted by Gasteiger charge is 2.24. The maximum Gasteiger partial charge on any atom is 0.226 e. The summed E-state index contributed by atoms with van der Waals surface area (Å²) < 4.78 is 6.11. The number of nitrogens with zero attached hydrogens (tertiary/aromatic N) is 3. The fourth-order valence-electron chi connectivity index (χ4n) is 4.26. The molecule has 5 heteroatoms. The molecule has 2 aromatic carbocycles. The maximum absolute atomic E-state index is 12.1. The first kappa shape index (κ1) is 19.3. The van der Waals surface area contributed by atoms with E-state index in [0.29, 0.717) is 24.6 Å². The van der Waals surface area contributed by atoms with E-state index < -0.39 is 0 Å². The van der Waals surface area contributed by atoms with Crippen LogP contribution < -0.4 is 14.5 Å². The van der Waals surface area contributed by atoms with E-state index in [4.69, 9.17) is 4.74 Å². The van der Waals surface area contributed by atoms with Gasteiger partial charge in [0.05, 0.1) is 17.7 Å². The van der Waals surface area contributed by atoms with Crippen molar-refractivity contribution in [2.75, 3.05) is 29.5 Å². The number of benzene rings is 2. The van der Waals surface area contributed by atoms with E-state index in [2.05, 4.69) is 17.0 Å². The van der Waals surface area contributed by atoms with Crippen molar-refractivity contribution in [3.63, 3.8) is 0 Å². The predicted molar refractivity (Wildman–Crippen MR) is 114 cm³/mol. The number of amides is 1. The first-order valence-electron chi connectivity index (χ1n) is 10.5. The Morgan fingerprint density at radius 3 is 2.62 bits per heavy atom. The number of hydrogen-bond donors (Lipinski definition) is 0. The Labute approximate surface area is 172 Å². The smallest absolute Gasteiger partial charge is 0.226 e. The standard InChI is InChI=1S/C24H27N3O2/c25-17-19-6-5-8-21(16-19)26-14-3-1-7-22(26)18-29-23-12-10-20(11-13-23)27-15-4-2-9-24(27)28/h5-6,8,10-13,16,22H,1-4,7,9,14-15,18H2. The molecule has 0 radical (unpaired) electrons. The van der Waals surface area contributed by atoms with E-state index in [1.807, 2.05) is 47.4 Å². The zero-order valence-corrected chi connectivity index (χ0v) is 16.7. The van der Waals surface area contributed by atoms with Gasteiger partial charge in [-0.3, -0.25) is 4.79 Å². The van der Waals surface area contributed by atoms with Crippen LogP contribution in [0.2, 0.25) is 0 Å². The number of anilines is 2. The number of carbonyl (C=O) groups excluding carboxylic acids is 1. The summed E-state index contributed by atoms with van der Waals surface area (Å²) in [5.74, 6) is 1.04. The molecule has 0 N–H and O–H groups in total. The summed E-state index contributed by atoms with van der Waals surface area (Å²) in [6.07, 6.45) is 6.13. The molecule has 0 spiro atoms. The van der Waals surface area contributed by atoms with Crippen molar-refractivity contribution in [1.29, 1.82) is 5.26 Å². The van der Waals surface area contributed by atoms with Crippen molar-refractivity contribution in [2.45, 2.75) is 44.6 Å². The van der Waals surface area contributed by atoms with Crippen LogP contribution in [0.5, 0.6) is 5.75 Å². The van der Waals surface area contributed by atoms with Crippen molar-refractivity contribution in [1.82, 2.24) is 0 Å². The fraction of sp³-hybridized carbons (Fsp3) is 0.417. The van der Waals surface area contributed by atoms with Crippen LogP contribution in [0.25, 0.3) is 0 Å². The highest BCUT2D eigenvalue weighted by Crippen LogP contribution is 2.27. The lowest BCUT2D eigenvalue weighted by Crippen LogP contribution is -2.43. The molecule has 2 fully saturated rings. The van der Waals surface area contributed by atoms with Crippen molar-refractivity contribution < 1.29 is 9.53 Å². The minimum Gasteiger partial charge on any atom is -0.491 e. The summed E-state index contributed by atoms with van der Waals surface area (Å²) in [5, 5.41) is 9.19. The average molecular weight is 389 g/mol. The number of rotatable bonds is 5. The Bertz CT molecular complexity index is 888. The monoisotopic (exact) mass is 389 g/mol. The molecule has 29 heavy (non-hydrogen) atoms. The van der Waals surface area contributed by atoms with Crippen LogP contribution in [0.3, 0.4) is 0 Å². The molecule has 5 nitrogen and oxygen atoms in total. The largest absolute Gasteiger partial charge is 0.491 e. The quantitative estimate of drug-likeness (QED) is 0.755. The van der Waals surface area contributed by atoms with Crippen molar-refractivity contribution in [2.24, 2.45) is 0 Å². The molecular formula is C24H27N3O2. The molecule has 0 saturated carbocycles. The number of ether oxygens (including phenoxy) is 1. The molecule has 0 bridgehead atoms. The highest BCUT2D eigenvalue weighted by molar-refractivity contribution is 5.94. The minimum atomic E-state index is 0.211. The highest BCUT2D eigenvalue weighted by atomic mass is 16.5. The van der Waals surface area contributed by atoms with Crippen LogP contribution in [0, 0.1) is 11.3 Å². The van der Waals surface area contributed by atoms with Gasteiger partial charge < -0.3 is 14.5 Å². The van der Waals surface area contributed by atoms with Crippen LogP contribution in [-0.2, 0) is 4.79 Å². The number of carbonyl (C=O) groups is 1. The third-order valence-corrected chi connectivity index (χ3v) is 5.85. The summed E-state index contributed by atoms with van der Waals surface area (Å²) in [7, 11) is 0. The van der Waals surface area contributed by atoms with Gasteiger partial charge in [-0.1, -0.05) is 6.07 Å². The lowest BCUT2D eigenvalue weighted by molar-refractivity contribution is -0.119. The molecule has 1 atom stereocenters. The lowest BCUT2D eigenvalue weighted by atomic mass is 10.0. The normalized spacial score (nSPS) is 19.7. The first-order valence-corrected chi connectivity index (χ1v) is 10.5. The van der Waals surface area contributed by atoms with Crippen molar-refractivity contribution >= 4 is 17.3 Å². The molecule has 2 aromatic rings. The van der Waals surface area contributed by atoms with E-state index in [9.17, 15) is 10.1 Å². The van der Waals surface area contributed by atoms with Gasteiger partial charge in [-0.05, 0) is 74.6 Å². The Balaban J connectivity index is 1.40. The lowest BCUT2D eigenvalue weighted by Gasteiger charge is -2.37. The van der Waals surface area contributed by atoms with E-state index in [1.165, 1.54) is 6.42 Å². The van der Waals surface area contributed by atoms with Gasteiger partial charge in [-0.15, -0.1) is 0 Å². The zero-order chi connectivity index (χ0) is 20.1. The van der Waals surface area contributed by atoms with Crippen LogP contribution >= 0.6 is 0 Å². The number of nitriles is 1. The second-order valence-electron chi connectivity index (χ2n) is 7.81. The van der Waals surface area contributed by atoms with Crippen LogP contribution in [0.1, 0.15) is 44.1 Å². The molecule has 4 rings (SSSR count). The van der Waals surface area contributed by atoms with Crippen LogP contribution in [0.4, 0.5) is 11.4 Å². The Morgan fingerprint density at radius 2 is 1.83 bits per heavy atom. The van der Waals surface area contributed by atoms with Crippen molar-refractivity contribution in [3.05, 3.63) is 54.1 Å². The van der Waals surface area contributed by atoms with E-state index in [1.54, 1.807) is 0 Å². The predicted octanol–water partition coefficient (Wildman–Crippen LogP) is 4.51. The third kappa shape index (κ3) is 4.54. The molecule has 1 amide bonds. The van der Waals surface area contributed by atoms with Gasteiger partial charge in [0.1, 0.15) is 12.4 Å². The van der Waals surface area contributed by atoms with Gasteiger partial charge in [0, 0.05) is 30.9 Å². The second-order valence-corrected chi connectivity index (χ2v) is 7.81. The van der Waals surface area contributed by atoms with E-state index in [0.717, 1.165) is 55.9 Å². The molecule has 2 heterocycles. The third-order valence-electron chi connectivity index (χ3n) is 5.85. The first-order chi connectivity index (χ1) is 14.2. The van der Waals surface area contributed by atoms with Gasteiger partial charge in [0.2, 0.25) is 5.91 Å².